The van der Waals surface area contributed by atoms with Gasteiger partial charge < -0.3 is 24.8 Å². The molecule has 4 rings (SSSR count). The number of rotatable bonds is 4. The van der Waals surface area contributed by atoms with Crippen molar-refractivity contribution in [2.24, 2.45) is 21.7 Å². The predicted molar refractivity (Wildman–Crippen MR) is 122 cm³/mol. The molecule has 31 heavy (non-hydrogen) atoms. The van der Waals surface area contributed by atoms with E-state index in [9.17, 15) is 0 Å². The van der Waals surface area contributed by atoms with Crippen LogP contribution >= 0.6 is 0 Å². The van der Waals surface area contributed by atoms with Crippen molar-refractivity contribution in [2.75, 3.05) is 0 Å². The summed E-state index contributed by atoms with van der Waals surface area (Å²) in [5.74, 6) is 0. The molecular weight excluding hydrogens is 498 g/mol. The molecule has 4 aliphatic carbocycles. The largest absolute Gasteiger partial charge is 1.00 e. The van der Waals surface area contributed by atoms with Crippen LogP contribution in [0.2, 0.25) is 0 Å². The number of hydrogen-bond acceptors (Lipinski definition) is 0. The molecule has 0 heterocycles. The zero-order chi connectivity index (χ0) is 20.9. The smallest absolute Gasteiger partial charge is 1.00 e. The average Bonchev–Trinajstić information content (AvgIpc) is 3.17. The van der Waals surface area contributed by atoms with E-state index in [0.29, 0.717) is 21.7 Å². The van der Waals surface area contributed by atoms with Gasteiger partial charge in [-0.2, -0.15) is 0 Å². The van der Waals surface area contributed by atoms with E-state index in [1.54, 1.807) is 11.1 Å². The van der Waals surface area contributed by atoms with Crippen LogP contribution in [-0.4, -0.2) is 0 Å². The van der Waals surface area contributed by atoms with E-state index in [0.717, 1.165) is 0 Å². The summed E-state index contributed by atoms with van der Waals surface area (Å²) in [7, 11) is 0. The normalized spacial score (nSPS) is 33.7. The second kappa shape index (κ2) is 9.96. The Kier molecular flexibility index (Phi) is 8.89. The summed E-state index contributed by atoms with van der Waals surface area (Å²) in [5.41, 5.74) is 4.76. The van der Waals surface area contributed by atoms with Crippen molar-refractivity contribution in [2.45, 2.75) is 106 Å². The number of hydrogen-bond donors (Lipinski definition) is 0. The molecule has 0 aliphatic heterocycles. The fraction of sp³-hybridized carbons (Fsp3) is 0.714. The van der Waals surface area contributed by atoms with Gasteiger partial charge >= 0.3 is 193 Å². The number of halogens is 2. The third-order valence-electron chi connectivity index (χ3n) is 9.83. The van der Waals surface area contributed by atoms with E-state index in [1.165, 1.54) is 64.2 Å². The summed E-state index contributed by atoms with van der Waals surface area (Å²) in [6.45, 7) is 15.3. The minimum atomic E-state index is -0.837. The summed E-state index contributed by atoms with van der Waals surface area (Å²) >= 11 is -0.837. The maximum absolute atomic E-state index is 2.63. The van der Waals surface area contributed by atoms with Gasteiger partial charge in [-0.3, -0.25) is 0 Å². The first-order valence-corrected chi connectivity index (χ1v) is 14.7. The topological polar surface area (TPSA) is 0 Å². The van der Waals surface area contributed by atoms with Crippen molar-refractivity contribution in [3.63, 3.8) is 0 Å². The Balaban J connectivity index is 0.00000171. The van der Waals surface area contributed by atoms with Crippen molar-refractivity contribution in [3.05, 3.63) is 42.0 Å². The van der Waals surface area contributed by atoms with Crippen LogP contribution in [0, 0.1) is 21.7 Å². The first-order chi connectivity index (χ1) is 13.7. The Morgan fingerprint density at radius 1 is 0.581 bits per heavy atom. The molecule has 0 saturated heterocycles. The quantitative estimate of drug-likeness (QED) is 0.515. The van der Waals surface area contributed by atoms with Gasteiger partial charge in [-0.05, 0) is 0 Å². The van der Waals surface area contributed by atoms with Crippen molar-refractivity contribution in [3.8, 4) is 0 Å². The van der Waals surface area contributed by atoms with Crippen molar-refractivity contribution in [1.82, 2.24) is 0 Å². The summed E-state index contributed by atoms with van der Waals surface area (Å²) in [6.07, 6.45) is 24.5. The van der Waals surface area contributed by atoms with Crippen molar-refractivity contribution in [1.29, 1.82) is 0 Å². The van der Waals surface area contributed by atoms with Gasteiger partial charge in [-0.15, -0.1) is 0 Å². The van der Waals surface area contributed by atoms with Gasteiger partial charge in [0, 0.05) is 0 Å². The second-order valence-corrected chi connectivity index (χ2v) is 14.6. The van der Waals surface area contributed by atoms with E-state index in [1.807, 2.05) is 6.56 Å². The fourth-order valence-corrected chi connectivity index (χ4v) is 12.2. The van der Waals surface area contributed by atoms with Crippen LogP contribution < -0.4 is 24.8 Å². The first-order valence-electron chi connectivity index (χ1n) is 12.2. The molecule has 2 unspecified atom stereocenters. The van der Waals surface area contributed by atoms with E-state index in [2.05, 4.69) is 65.8 Å². The molecule has 0 aromatic carbocycles. The van der Waals surface area contributed by atoms with Gasteiger partial charge in [-0.25, -0.2) is 0 Å². The minimum Gasteiger partial charge on any atom is -1.00 e. The zero-order valence-corrected chi connectivity index (χ0v) is 24.6. The molecule has 0 aromatic heterocycles. The third kappa shape index (κ3) is 4.44. The van der Waals surface area contributed by atoms with Gasteiger partial charge in [-0.1, -0.05) is 0 Å². The summed E-state index contributed by atoms with van der Waals surface area (Å²) in [4.78, 5) is 0. The monoisotopic (exact) mass is 538 g/mol. The molecule has 0 radical (unpaired) electrons. The molecule has 3 heteroatoms. The maximum atomic E-state index is 2.63. The van der Waals surface area contributed by atoms with Gasteiger partial charge in [0.15, 0.2) is 0 Å². The van der Waals surface area contributed by atoms with Gasteiger partial charge in [0.2, 0.25) is 0 Å². The number of allylic oxidation sites excluding steroid dienone is 8. The summed E-state index contributed by atoms with van der Waals surface area (Å²) in [6, 6.07) is 0. The molecule has 0 amide bonds. The Bertz CT molecular complexity index is 724. The molecule has 2 saturated carbocycles. The third-order valence-corrected chi connectivity index (χ3v) is 15.6. The molecule has 0 nitrogen and oxygen atoms in total. The second-order valence-electron chi connectivity index (χ2n) is 11.6. The molecule has 0 bridgehead atoms. The Hall–Kier alpha value is 0.423. The van der Waals surface area contributed by atoms with E-state index in [4.69, 9.17) is 0 Å². The van der Waals surface area contributed by atoms with Crippen molar-refractivity contribution < 1.29 is 48.0 Å². The fourth-order valence-electron chi connectivity index (χ4n) is 7.03. The molecule has 172 valence electrons. The Morgan fingerprint density at radius 3 is 1.23 bits per heavy atom. The van der Waals surface area contributed by atoms with E-state index < -0.39 is 23.2 Å². The van der Waals surface area contributed by atoms with Crippen LogP contribution in [0.1, 0.15) is 106 Å². The zero-order valence-electron chi connectivity index (χ0n) is 20.6. The van der Waals surface area contributed by atoms with Gasteiger partial charge in [0.1, 0.15) is 0 Å². The SMILES string of the molecule is CC1=[C]([Zr+2][C]2=C(C)C=CC2(C)C2(C)CCCCC2)C(C)(C2(C)CCCCC2)C=C1.[Cl-].[Cl-]. The standard InChI is InChI=1S/2C14H21.2ClH.Zr/c2*1-12-7-10-14(3,11-12)13(2)8-5-4-6-9-13;;;/h2*7,10H,4-6,8-9H2,1-3H3;2*1H;/q;;;;+2/p-2. The molecular formula is C28H42Cl2Zr. The van der Waals surface area contributed by atoms with Crippen LogP contribution in [0.4, 0.5) is 0 Å². The molecule has 2 atom stereocenters. The Labute approximate surface area is 216 Å². The van der Waals surface area contributed by atoms with E-state index in [-0.39, 0.29) is 24.8 Å². The molecule has 0 aromatic rings. The van der Waals surface area contributed by atoms with Gasteiger partial charge in [0.05, 0.1) is 0 Å². The predicted octanol–water partition coefficient (Wildman–Crippen LogP) is 2.72. The minimum absolute atomic E-state index is 0. The first kappa shape index (κ1) is 27.7. The van der Waals surface area contributed by atoms with Crippen LogP contribution in [0.3, 0.4) is 0 Å². The van der Waals surface area contributed by atoms with Crippen LogP contribution in [-0.2, 0) is 23.2 Å². The van der Waals surface area contributed by atoms with Gasteiger partial charge in [0.25, 0.3) is 0 Å². The van der Waals surface area contributed by atoms with Crippen molar-refractivity contribution >= 4 is 0 Å². The van der Waals surface area contributed by atoms with Crippen LogP contribution in [0.25, 0.3) is 0 Å². The van der Waals surface area contributed by atoms with Crippen LogP contribution in [0.15, 0.2) is 42.0 Å². The van der Waals surface area contributed by atoms with E-state index >= 15 is 0 Å². The summed E-state index contributed by atoms with van der Waals surface area (Å²) < 4.78 is 3.79. The average molecular weight is 541 g/mol. The Morgan fingerprint density at radius 2 is 0.903 bits per heavy atom. The van der Waals surface area contributed by atoms with Crippen LogP contribution in [0.5, 0.6) is 0 Å². The molecule has 2 fully saturated rings. The molecule has 0 N–H and O–H groups in total. The molecule has 4 aliphatic rings. The summed E-state index contributed by atoms with van der Waals surface area (Å²) in [5, 5.41) is 0. The molecule has 0 spiro atoms. The maximum Gasteiger partial charge on any atom is -1.00 e.